The second-order valence-corrected chi connectivity index (χ2v) is 23.5. The van der Waals surface area contributed by atoms with Crippen molar-refractivity contribution < 1.29 is 55.1 Å². The van der Waals surface area contributed by atoms with Gasteiger partial charge in [-0.2, -0.15) is 36.9 Å². The molecular weight excluding hydrogens is 953 g/mol. The number of nitrogens with one attached hydrogen (secondary N) is 8. The molecule has 23 heteroatoms. The minimum absolute atomic E-state index is 0.0298. The average molecular weight is 1030 g/mol. The lowest BCUT2D eigenvalue weighted by molar-refractivity contribution is -0.175. The SMILES string of the molecule is CC(C)(C)C(NC(=O)C(F)(F)F)C(=O)NC(CC1CC1)C(=O)NC(C#N)C1CN(C2CC2CC(NC(=O)C(NC(=O)C(F)(F)F)C(C)(C)C)C(=O)NC(C#N)C2NNCC3CCCCC32)CC2CCCCC21. The lowest BCUT2D eigenvalue weighted by atomic mass is 9.67. The number of alkyl halides is 6. The highest BCUT2D eigenvalue weighted by Crippen LogP contribution is 2.47. The Morgan fingerprint density at radius 1 is 0.597 bits per heavy atom. The van der Waals surface area contributed by atoms with E-state index in [1.54, 1.807) is 10.6 Å². The summed E-state index contributed by atoms with van der Waals surface area (Å²) in [5.74, 6) is -8.05. The van der Waals surface area contributed by atoms with E-state index < -0.39 is 107 Å². The molecule has 6 fully saturated rings. The fourth-order valence-corrected chi connectivity index (χ4v) is 11.8. The summed E-state index contributed by atoms with van der Waals surface area (Å²) in [7, 11) is 0. The van der Waals surface area contributed by atoms with Gasteiger partial charge in [-0.3, -0.25) is 44.5 Å². The Labute approximate surface area is 417 Å². The first-order valence-corrected chi connectivity index (χ1v) is 25.6. The summed E-state index contributed by atoms with van der Waals surface area (Å²) in [6.07, 6.45) is -0.964. The van der Waals surface area contributed by atoms with Crippen LogP contribution in [0.2, 0.25) is 0 Å². The highest BCUT2D eigenvalue weighted by atomic mass is 19.4. The van der Waals surface area contributed by atoms with Crippen molar-refractivity contribution in [3.63, 3.8) is 0 Å². The molecule has 14 unspecified atom stereocenters. The van der Waals surface area contributed by atoms with Crippen LogP contribution >= 0.6 is 0 Å². The molecule has 17 nitrogen and oxygen atoms in total. The fourth-order valence-electron chi connectivity index (χ4n) is 11.8. The van der Waals surface area contributed by atoms with Crippen LogP contribution in [0.3, 0.4) is 0 Å². The number of hydrogen-bond acceptors (Lipinski definition) is 11. The van der Waals surface area contributed by atoms with Crippen LogP contribution in [-0.2, 0) is 28.8 Å². The molecule has 0 radical (unpaired) electrons. The van der Waals surface area contributed by atoms with Gasteiger partial charge in [0.1, 0.15) is 36.3 Å². The molecule has 6 amide bonds. The molecule has 72 heavy (non-hydrogen) atoms. The third kappa shape index (κ3) is 14.5. The van der Waals surface area contributed by atoms with Gasteiger partial charge < -0.3 is 31.9 Å². The van der Waals surface area contributed by atoms with Crippen molar-refractivity contribution in [2.75, 3.05) is 19.6 Å². The molecule has 0 spiro atoms. The minimum atomic E-state index is -5.29. The summed E-state index contributed by atoms with van der Waals surface area (Å²) in [5, 5.41) is 35.7. The maximum atomic E-state index is 14.4. The van der Waals surface area contributed by atoms with Crippen LogP contribution in [-0.4, -0.2) is 121 Å². The minimum Gasteiger partial charge on any atom is -0.342 e. The van der Waals surface area contributed by atoms with Crippen LogP contribution in [0, 0.1) is 74.9 Å². The third-order valence-corrected chi connectivity index (χ3v) is 15.9. The summed E-state index contributed by atoms with van der Waals surface area (Å²) >= 11 is 0. The number of fused-ring (bicyclic) bond motifs is 2. The number of hydrazine groups is 1. The topological polar surface area (TPSA) is 249 Å². The molecule has 14 atom stereocenters. The Bertz CT molecular complexity index is 2080. The molecule has 4 aliphatic carbocycles. The predicted molar refractivity (Wildman–Crippen MR) is 249 cm³/mol. The molecule has 4 saturated carbocycles. The Morgan fingerprint density at radius 2 is 1.08 bits per heavy atom. The highest BCUT2D eigenvalue weighted by Gasteiger charge is 2.52. The number of likely N-dealkylation sites (tertiary alicyclic amines) is 1. The Hall–Kier alpha value is -4.74. The van der Waals surface area contributed by atoms with Gasteiger partial charge in [0, 0.05) is 31.6 Å². The summed E-state index contributed by atoms with van der Waals surface area (Å²) in [4.78, 5) is 82.6. The van der Waals surface area contributed by atoms with Crippen molar-refractivity contribution in [3.8, 4) is 12.1 Å². The lowest BCUT2D eigenvalue weighted by Gasteiger charge is -2.48. The van der Waals surface area contributed by atoms with Gasteiger partial charge >= 0.3 is 24.2 Å². The van der Waals surface area contributed by atoms with E-state index in [9.17, 15) is 65.6 Å². The van der Waals surface area contributed by atoms with Gasteiger partial charge in [-0.15, -0.1) is 0 Å². The van der Waals surface area contributed by atoms with Crippen molar-refractivity contribution in [2.24, 2.45) is 52.3 Å². The number of nitrogens with zero attached hydrogens (tertiary/aromatic N) is 3. The second kappa shape index (κ2) is 22.8. The van der Waals surface area contributed by atoms with Gasteiger partial charge in [0.2, 0.25) is 23.6 Å². The first kappa shape index (κ1) is 56.6. The number of piperidine rings is 1. The van der Waals surface area contributed by atoms with E-state index in [-0.39, 0.29) is 54.4 Å². The molecule has 0 bridgehead atoms. The van der Waals surface area contributed by atoms with Crippen LogP contribution in [0.4, 0.5) is 26.3 Å². The van der Waals surface area contributed by atoms with Gasteiger partial charge in [-0.05, 0) is 91.3 Å². The first-order chi connectivity index (χ1) is 33.6. The smallest absolute Gasteiger partial charge is 0.342 e. The van der Waals surface area contributed by atoms with Crippen LogP contribution in [0.5, 0.6) is 0 Å². The zero-order valence-electron chi connectivity index (χ0n) is 42.0. The standard InChI is InChI=1S/C49H73F6N11O6/c1-46(2,3)38(63-44(71)48(50,51)52)42(69)59-32(17-25-15-16-25)40(67)61-34(20-56)31-24-66(23-27-12-8-9-13-29(27)31)36-19-28(36)18-33(60-43(70)39(47(4,5)6)64-45(72)49(53,54)55)41(68)62-35(21-57)37-30-14-10-7-11-26(30)22-58-65-37/h25-39,58,65H,7-19,22-24H2,1-6H3,(H,59,69)(H,60,70)(H,61,67)(H,62,68)(H,63,71)(H,64,72). The summed E-state index contributed by atoms with van der Waals surface area (Å²) in [6, 6.07) is -4.11. The number of nitriles is 2. The van der Waals surface area contributed by atoms with E-state index in [1.807, 2.05) is 0 Å². The average Bonchev–Trinajstić information content (AvgIpc) is 4.26. The number of amides is 6. The zero-order chi connectivity index (χ0) is 53.1. The summed E-state index contributed by atoms with van der Waals surface area (Å²) in [5.41, 5.74) is 3.93. The van der Waals surface area contributed by atoms with Crippen molar-refractivity contribution in [1.82, 2.24) is 47.7 Å². The van der Waals surface area contributed by atoms with Crippen LogP contribution < -0.4 is 42.8 Å². The van der Waals surface area contributed by atoms with E-state index in [0.717, 1.165) is 64.2 Å². The monoisotopic (exact) mass is 1030 g/mol. The Morgan fingerprint density at radius 3 is 1.58 bits per heavy atom. The third-order valence-electron chi connectivity index (χ3n) is 15.9. The van der Waals surface area contributed by atoms with Gasteiger partial charge in [-0.25, -0.2) is 0 Å². The van der Waals surface area contributed by atoms with Crippen molar-refractivity contribution >= 4 is 35.4 Å². The second-order valence-electron chi connectivity index (χ2n) is 23.5. The molecule has 2 aliphatic heterocycles. The zero-order valence-corrected chi connectivity index (χ0v) is 42.0. The highest BCUT2D eigenvalue weighted by molar-refractivity contribution is 5.95. The molecule has 8 N–H and O–H groups in total. The van der Waals surface area contributed by atoms with Gasteiger partial charge in [0.15, 0.2) is 0 Å². The van der Waals surface area contributed by atoms with E-state index in [1.165, 1.54) is 41.5 Å². The van der Waals surface area contributed by atoms with Crippen molar-refractivity contribution in [3.05, 3.63) is 0 Å². The van der Waals surface area contributed by atoms with Gasteiger partial charge in [0.05, 0.1) is 18.2 Å². The molecule has 6 rings (SSSR count). The van der Waals surface area contributed by atoms with Crippen LogP contribution in [0.1, 0.15) is 125 Å². The number of carbonyl (C=O) groups is 6. The lowest BCUT2D eigenvalue weighted by Crippen LogP contribution is -2.65. The molecule has 2 heterocycles. The summed E-state index contributed by atoms with van der Waals surface area (Å²) in [6.45, 7) is 10.6. The van der Waals surface area contributed by atoms with Gasteiger partial charge in [-0.1, -0.05) is 80.1 Å². The van der Waals surface area contributed by atoms with Crippen LogP contribution in [0.15, 0.2) is 0 Å². The maximum Gasteiger partial charge on any atom is 0.471 e. The largest absolute Gasteiger partial charge is 0.471 e. The first-order valence-electron chi connectivity index (χ1n) is 25.6. The Balaban J connectivity index is 1.19. The molecule has 0 aromatic carbocycles. The normalized spacial score (nSPS) is 29.3. The number of hydrogen-bond donors (Lipinski definition) is 8. The molecule has 6 aliphatic rings. The molecule has 2 saturated heterocycles. The van der Waals surface area contributed by atoms with E-state index in [0.29, 0.717) is 26.1 Å². The van der Waals surface area contributed by atoms with Crippen molar-refractivity contribution in [2.45, 2.75) is 186 Å². The molecule has 0 aromatic heterocycles. The molecule has 0 aromatic rings. The number of halogens is 6. The molecule has 402 valence electrons. The predicted octanol–water partition coefficient (Wildman–Crippen LogP) is 3.76. The molecular formula is C49H73F6N11O6. The Kier molecular flexibility index (Phi) is 17.9. The van der Waals surface area contributed by atoms with E-state index in [4.69, 9.17) is 0 Å². The van der Waals surface area contributed by atoms with Crippen molar-refractivity contribution in [1.29, 1.82) is 10.5 Å². The van der Waals surface area contributed by atoms with E-state index in [2.05, 4.69) is 49.2 Å². The van der Waals surface area contributed by atoms with Crippen LogP contribution in [0.25, 0.3) is 0 Å². The van der Waals surface area contributed by atoms with Gasteiger partial charge in [0.25, 0.3) is 0 Å². The number of carbonyl (C=O) groups excluding carboxylic acids is 6. The quantitative estimate of drug-likeness (QED) is 0.0975. The summed E-state index contributed by atoms with van der Waals surface area (Å²) < 4.78 is 80.4. The number of rotatable bonds is 17. The maximum absolute atomic E-state index is 14.4. The fraction of sp³-hybridized carbons (Fsp3) is 0.837. The van der Waals surface area contributed by atoms with E-state index >= 15 is 0 Å².